The molecule has 0 saturated carbocycles. The van der Waals surface area contributed by atoms with Gasteiger partial charge in [0.2, 0.25) is 0 Å². The highest BCUT2D eigenvalue weighted by atomic mass is 19.4. The molecule has 1 aromatic carbocycles. The van der Waals surface area contributed by atoms with Gasteiger partial charge in [0.05, 0.1) is 12.8 Å². The van der Waals surface area contributed by atoms with Crippen molar-refractivity contribution in [2.75, 3.05) is 7.11 Å². The lowest BCUT2D eigenvalue weighted by molar-refractivity contribution is -0.0591. The molecule has 0 saturated heterocycles. The predicted molar refractivity (Wildman–Crippen MR) is 51.8 cm³/mol. The van der Waals surface area contributed by atoms with Gasteiger partial charge in [0, 0.05) is 0 Å². The molecule has 0 heterocycles. The van der Waals surface area contributed by atoms with E-state index >= 15 is 0 Å². The van der Waals surface area contributed by atoms with Gasteiger partial charge in [-0.05, 0) is 31.2 Å². The molecule has 0 N–H and O–H groups in total. The second-order valence-electron chi connectivity index (χ2n) is 2.89. The molecule has 2 nitrogen and oxygen atoms in total. The lowest BCUT2D eigenvalue weighted by Crippen LogP contribution is -2.18. The highest BCUT2D eigenvalue weighted by Gasteiger charge is 2.31. The maximum absolute atomic E-state index is 12.1. The fourth-order valence-corrected chi connectivity index (χ4v) is 0.914. The van der Waals surface area contributed by atoms with E-state index in [9.17, 15) is 13.2 Å². The second kappa shape index (κ2) is 4.33. The van der Waals surface area contributed by atoms with Crippen molar-refractivity contribution in [2.24, 2.45) is 4.99 Å². The topological polar surface area (TPSA) is 21.6 Å². The predicted octanol–water partition coefficient (Wildman–Crippen LogP) is 3.35. The molecular weight excluding hydrogens is 207 g/mol. The zero-order chi connectivity index (χ0) is 11.5. The first-order valence-electron chi connectivity index (χ1n) is 4.20. The Morgan fingerprint density at radius 1 is 1.20 bits per heavy atom. The van der Waals surface area contributed by atoms with Crippen LogP contribution < -0.4 is 4.74 Å². The van der Waals surface area contributed by atoms with E-state index in [2.05, 4.69) is 4.99 Å². The van der Waals surface area contributed by atoms with E-state index in [-0.39, 0.29) is 5.69 Å². The number of benzene rings is 1. The van der Waals surface area contributed by atoms with Crippen LogP contribution in [0, 0.1) is 0 Å². The number of alkyl halides is 3. The van der Waals surface area contributed by atoms with Crippen LogP contribution in [0.5, 0.6) is 5.75 Å². The van der Waals surface area contributed by atoms with Crippen LogP contribution in [-0.2, 0) is 0 Å². The average molecular weight is 217 g/mol. The Morgan fingerprint density at radius 3 is 2.13 bits per heavy atom. The fourth-order valence-electron chi connectivity index (χ4n) is 0.914. The molecular formula is C10H10F3NO. The van der Waals surface area contributed by atoms with Crippen molar-refractivity contribution in [1.29, 1.82) is 0 Å². The number of rotatable bonds is 2. The summed E-state index contributed by atoms with van der Waals surface area (Å²) in [5.74, 6) is 0.582. The molecule has 0 spiro atoms. The fraction of sp³-hybridized carbons (Fsp3) is 0.300. The van der Waals surface area contributed by atoms with Crippen molar-refractivity contribution in [2.45, 2.75) is 13.1 Å². The van der Waals surface area contributed by atoms with Crippen LogP contribution in [0.2, 0.25) is 0 Å². The molecule has 0 aliphatic carbocycles. The van der Waals surface area contributed by atoms with Gasteiger partial charge < -0.3 is 4.74 Å². The van der Waals surface area contributed by atoms with Gasteiger partial charge in [0.15, 0.2) is 0 Å². The Labute approximate surface area is 85.4 Å². The van der Waals surface area contributed by atoms with Gasteiger partial charge in [0.1, 0.15) is 11.5 Å². The van der Waals surface area contributed by atoms with Gasteiger partial charge in [-0.2, -0.15) is 13.2 Å². The smallest absolute Gasteiger partial charge is 0.429 e. The number of methoxy groups -OCH3 is 1. The minimum atomic E-state index is -4.38. The first-order valence-corrected chi connectivity index (χ1v) is 4.20. The van der Waals surface area contributed by atoms with Crippen molar-refractivity contribution >= 4 is 11.4 Å². The number of aliphatic imine (C=N–C) groups is 1. The third kappa shape index (κ3) is 3.27. The quantitative estimate of drug-likeness (QED) is 0.696. The van der Waals surface area contributed by atoms with Crippen molar-refractivity contribution < 1.29 is 17.9 Å². The summed E-state index contributed by atoms with van der Waals surface area (Å²) in [6.45, 7) is 0.935. The third-order valence-electron chi connectivity index (χ3n) is 1.78. The standard InChI is InChI=1S/C10H10F3NO/c1-7(10(11,12)13)14-8-3-5-9(15-2)6-4-8/h3-6H,1-2H3. The molecule has 1 rings (SSSR count). The molecule has 0 atom stereocenters. The van der Waals surface area contributed by atoms with Gasteiger partial charge in [0.25, 0.3) is 0 Å². The lowest BCUT2D eigenvalue weighted by atomic mass is 10.3. The summed E-state index contributed by atoms with van der Waals surface area (Å²) in [6, 6.07) is 6.05. The summed E-state index contributed by atoms with van der Waals surface area (Å²) in [5, 5.41) is 0. The highest BCUT2D eigenvalue weighted by molar-refractivity contribution is 5.89. The van der Waals surface area contributed by atoms with Gasteiger partial charge in [-0.1, -0.05) is 0 Å². The van der Waals surface area contributed by atoms with Crippen LogP contribution in [0.4, 0.5) is 18.9 Å². The first kappa shape index (κ1) is 11.6. The minimum Gasteiger partial charge on any atom is -0.497 e. The maximum Gasteiger partial charge on any atom is 0.429 e. The van der Waals surface area contributed by atoms with E-state index in [0.717, 1.165) is 6.92 Å². The molecule has 82 valence electrons. The molecule has 15 heavy (non-hydrogen) atoms. The summed E-state index contributed by atoms with van der Waals surface area (Å²) in [7, 11) is 1.49. The average Bonchev–Trinajstić information content (AvgIpc) is 2.17. The number of nitrogens with zero attached hydrogens (tertiary/aromatic N) is 1. The Bertz CT molecular complexity index is 354. The highest BCUT2D eigenvalue weighted by Crippen LogP contribution is 2.22. The number of hydrogen-bond donors (Lipinski definition) is 0. The Kier molecular flexibility index (Phi) is 3.34. The zero-order valence-electron chi connectivity index (χ0n) is 8.30. The number of hydrogen-bond acceptors (Lipinski definition) is 2. The first-order chi connectivity index (χ1) is 6.93. The molecule has 0 aliphatic heterocycles. The molecule has 0 aromatic heterocycles. The summed E-state index contributed by atoms with van der Waals surface area (Å²) in [4.78, 5) is 3.44. The summed E-state index contributed by atoms with van der Waals surface area (Å²) in [5.41, 5.74) is -0.613. The van der Waals surface area contributed by atoms with Crippen LogP contribution in [-0.4, -0.2) is 19.0 Å². The van der Waals surface area contributed by atoms with Crippen molar-refractivity contribution in [3.05, 3.63) is 24.3 Å². The molecule has 5 heteroatoms. The Balaban J connectivity index is 2.89. The van der Waals surface area contributed by atoms with Gasteiger partial charge in [-0.25, -0.2) is 4.99 Å². The molecule has 0 fully saturated rings. The monoisotopic (exact) mass is 217 g/mol. The van der Waals surface area contributed by atoms with E-state index in [0.29, 0.717) is 5.75 Å². The van der Waals surface area contributed by atoms with E-state index in [1.54, 1.807) is 12.1 Å². The molecule has 1 aromatic rings. The van der Waals surface area contributed by atoms with Crippen molar-refractivity contribution in [3.63, 3.8) is 0 Å². The van der Waals surface area contributed by atoms with Crippen LogP contribution in [0.15, 0.2) is 29.3 Å². The van der Waals surface area contributed by atoms with Gasteiger partial charge >= 0.3 is 6.18 Å². The summed E-state index contributed by atoms with van der Waals surface area (Å²) >= 11 is 0. The van der Waals surface area contributed by atoms with Gasteiger partial charge in [-0.15, -0.1) is 0 Å². The van der Waals surface area contributed by atoms with Crippen LogP contribution in [0.1, 0.15) is 6.92 Å². The molecule has 0 amide bonds. The molecule has 0 unspecified atom stereocenters. The summed E-state index contributed by atoms with van der Waals surface area (Å²) < 4.78 is 41.2. The molecule has 0 aliphatic rings. The lowest BCUT2D eigenvalue weighted by Gasteiger charge is -2.05. The van der Waals surface area contributed by atoms with Crippen LogP contribution in [0.25, 0.3) is 0 Å². The maximum atomic E-state index is 12.1. The van der Waals surface area contributed by atoms with Crippen LogP contribution >= 0.6 is 0 Å². The van der Waals surface area contributed by atoms with E-state index in [4.69, 9.17) is 4.74 Å². The Morgan fingerprint density at radius 2 is 1.73 bits per heavy atom. The van der Waals surface area contributed by atoms with Crippen LogP contribution in [0.3, 0.4) is 0 Å². The zero-order valence-corrected chi connectivity index (χ0v) is 8.30. The minimum absolute atomic E-state index is 0.255. The third-order valence-corrected chi connectivity index (χ3v) is 1.78. The largest absolute Gasteiger partial charge is 0.497 e. The summed E-state index contributed by atoms with van der Waals surface area (Å²) in [6.07, 6.45) is -4.38. The number of ether oxygens (including phenoxy) is 1. The normalized spacial score (nSPS) is 12.7. The van der Waals surface area contributed by atoms with Crippen molar-refractivity contribution in [3.8, 4) is 5.75 Å². The van der Waals surface area contributed by atoms with Gasteiger partial charge in [-0.3, -0.25) is 0 Å². The van der Waals surface area contributed by atoms with Crippen molar-refractivity contribution in [1.82, 2.24) is 0 Å². The Hall–Kier alpha value is -1.52. The number of halogens is 3. The second-order valence-corrected chi connectivity index (χ2v) is 2.89. The molecule has 0 radical (unpaired) electrons. The van der Waals surface area contributed by atoms with E-state index < -0.39 is 11.9 Å². The SMILES string of the molecule is COc1ccc(N=C(C)C(F)(F)F)cc1. The van der Waals surface area contributed by atoms with E-state index in [1.807, 2.05) is 0 Å². The molecule has 0 bridgehead atoms. The van der Waals surface area contributed by atoms with E-state index in [1.165, 1.54) is 19.2 Å².